The average molecular weight is 219 g/mol. The summed E-state index contributed by atoms with van der Waals surface area (Å²) in [5.41, 5.74) is 3.70. The van der Waals surface area contributed by atoms with Crippen LogP contribution in [0.5, 0.6) is 5.88 Å². The molecule has 0 bridgehead atoms. The van der Waals surface area contributed by atoms with Crippen LogP contribution in [0.1, 0.15) is 11.1 Å². The van der Waals surface area contributed by atoms with E-state index in [2.05, 4.69) is 37.0 Å². The zero-order chi connectivity index (χ0) is 10.8. The van der Waals surface area contributed by atoms with Gasteiger partial charge in [0.25, 0.3) is 0 Å². The molecule has 15 heavy (non-hydrogen) atoms. The summed E-state index contributed by atoms with van der Waals surface area (Å²) in [6, 6.07) is 6.40. The van der Waals surface area contributed by atoms with Crippen LogP contribution in [0.3, 0.4) is 0 Å². The number of methoxy groups -OCH3 is 1. The Kier molecular flexibility index (Phi) is 2.73. The van der Waals surface area contributed by atoms with Gasteiger partial charge >= 0.3 is 0 Å². The molecule has 0 amide bonds. The van der Waals surface area contributed by atoms with Crippen molar-refractivity contribution < 1.29 is 4.74 Å². The Morgan fingerprint density at radius 1 is 1.27 bits per heavy atom. The molecule has 0 fully saturated rings. The fourth-order valence-corrected chi connectivity index (χ4v) is 2.29. The number of hydrogen-bond acceptors (Lipinski definition) is 3. The third-order valence-electron chi connectivity index (χ3n) is 2.32. The van der Waals surface area contributed by atoms with Gasteiger partial charge in [0.15, 0.2) is 0 Å². The minimum absolute atomic E-state index is 0.691. The Bertz CT molecular complexity index is 476. The maximum atomic E-state index is 5.09. The van der Waals surface area contributed by atoms with Crippen LogP contribution in [0.15, 0.2) is 23.6 Å². The van der Waals surface area contributed by atoms with Crippen molar-refractivity contribution in [3.63, 3.8) is 0 Å². The minimum Gasteiger partial charge on any atom is -0.480 e. The Morgan fingerprint density at radius 3 is 2.73 bits per heavy atom. The molecule has 0 atom stereocenters. The number of hydrogen-bond donors (Lipinski definition) is 0. The number of nitrogens with zero attached hydrogens (tertiary/aromatic N) is 1. The molecule has 3 heteroatoms. The average Bonchev–Trinajstić information content (AvgIpc) is 2.70. The summed E-state index contributed by atoms with van der Waals surface area (Å²) in [5, 5.41) is 2.95. The highest BCUT2D eigenvalue weighted by atomic mass is 32.1. The Morgan fingerprint density at radius 2 is 2.07 bits per heavy atom. The predicted molar refractivity (Wildman–Crippen MR) is 63.6 cm³/mol. The summed E-state index contributed by atoms with van der Waals surface area (Å²) in [4.78, 5) is 4.40. The highest BCUT2D eigenvalue weighted by Gasteiger charge is 2.07. The summed E-state index contributed by atoms with van der Waals surface area (Å²) >= 11 is 1.61. The SMILES string of the molecule is COc1csc(-c2cc(C)ccc2C)n1. The molecule has 2 rings (SSSR count). The standard InChI is InChI=1S/C12H13NOS/c1-8-4-5-9(2)10(6-8)12-13-11(14-3)7-15-12/h4-7H,1-3H3. The molecule has 1 aromatic carbocycles. The lowest BCUT2D eigenvalue weighted by Crippen LogP contribution is -1.85. The molecule has 2 aromatic rings. The van der Waals surface area contributed by atoms with E-state index in [1.54, 1.807) is 18.4 Å². The van der Waals surface area contributed by atoms with Crippen LogP contribution in [-0.4, -0.2) is 12.1 Å². The van der Waals surface area contributed by atoms with Gasteiger partial charge in [-0.2, -0.15) is 0 Å². The molecule has 1 aromatic heterocycles. The maximum absolute atomic E-state index is 5.09. The molecule has 0 spiro atoms. The van der Waals surface area contributed by atoms with E-state index in [1.807, 2.05) is 5.38 Å². The summed E-state index contributed by atoms with van der Waals surface area (Å²) in [6.45, 7) is 4.19. The first-order valence-electron chi connectivity index (χ1n) is 4.78. The third kappa shape index (κ3) is 2.02. The van der Waals surface area contributed by atoms with Crippen molar-refractivity contribution in [2.24, 2.45) is 0 Å². The van der Waals surface area contributed by atoms with Crippen molar-refractivity contribution in [2.75, 3.05) is 7.11 Å². The van der Waals surface area contributed by atoms with E-state index in [0.717, 1.165) is 5.01 Å². The van der Waals surface area contributed by atoms with Crippen LogP contribution >= 0.6 is 11.3 Å². The normalized spacial score (nSPS) is 10.3. The highest BCUT2D eigenvalue weighted by Crippen LogP contribution is 2.29. The number of rotatable bonds is 2. The minimum atomic E-state index is 0.691. The lowest BCUT2D eigenvalue weighted by Gasteiger charge is -2.03. The molecule has 0 aliphatic carbocycles. The Labute approximate surface area is 93.6 Å². The lowest BCUT2D eigenvalue weighted by molar-refractivity contribution is 0.401. The number of aryl methyl sites for hydroxylation is 2. The van der Waals surface area contributed by atoms with Crippen LogP contribution in [0, 0.1) is 13.8 Å². The first kappa shape index (κ1) is 10.2. The van der Waals surface area contributed by atoms with Gasteiger partial charge in [0.1, 0.15) is 5.01 Å². The maximum Gasteiger partial charge on any atom is 0.224 e. The summed E-state index contributed by atoms with van der Waals surface area (Å²) in [5.74, 6) is 0.691. The van der Waals surface area contributed by atoms with Crippen molar-refractivity contribution >= 4 is 11.3 Å². The van der Waals surface area contributed by atoms with Gasteiger partial charge in [-0.3, -0.25) is 0 Å². The number of benzene rings is 1. The fraction of sp³-hybridized carbons (Fsp3) is 0.250. The van der Waals surface area contributed by atoms with Crippen LogP contribution in [-0.2, 0) is 0 Å². The second-order valence-corrected chi connectivity index (χ2v) is 4.37. The molecule has 2 nitrogen and oxygen atoms in total. The molecule has 1 heterocycles. The van der Waals surface area contributed by atoms with E-state index < -0.39 is 0 Å². The molecule has 0 aliphatic rings. The zero-order valence-electron chi connectivity index (χ0n) is 9.07. The quantitative estimate of drug-likeness (QED) is 0.772. The summed E-state index contributed by atoms with van der Waals surface area (Å²) in [7, 11) is 1.64. The van der Waals surface area contributed by atoms with E-state index >= 15 is 0 Å². The molecule has 0 radical (unpaired) electrons. The van der Waals surface area contributed by atoms with Gasteiger partial charge in [0, 0.05) is 5.56 Å². The smallest absolute Gasteiger partial charge is 0.224 e. The van der Waals surface area contributed by atoms with Gasteiger partial charge in [-0.1, -0.05) is 17.7 Å². The fourth-order valence-electron chi connectivity index (χ4n) is 1.44. The number of thiazole rings is 1. The predicted octanol–water partition coefficient (Wildman–Crippen LogP) is 3.44. The zero-order valence-corrected chi connectivity index (χ0v) is 9.89. The van der Waals surface area contributed by atoms with Gasteiger partial charge in [-0.25, -0.2) is 4.98 Å². The van der Waals surface area contributed by atoms with Crippen molar-refractivity contribution in [1.29, 1.82) is 0 Å². The van der Waals surface area contributed by atoms with Gasteiger partial charge < -0.3 is 4.74 Å². The van der Waals surface area contributed by atoms with E-state index in [0.29, 0.717) is 5.88 Å². The molecule has 0 saturated heterocycles. The molecule has 0 unspecified atom stereocenters. The van der Waals surface area contributed by atoms with Gasteiger partial charge in [-0.05, 0) is 25.5 Å². The Balaban J connectivity index is 2.48. The Hall–Kier alpha value is -1.35. The third-order valence-corrected chi connectivity index (χ3v) is 3.17. The van der Waals surface area contributed by atoms with Crippen molar-refractivity contribution in [2.45, 2.75) is 13.8 Å². The van der Waals surface area contributed by atoms with E-state index in [9.17, 15) is 0 Å². The molecule has 0 aliphatic heterocycles. The first-order valence-corrected chi connectivity index (χ1v) is 5.66. The topological polar surface area (TPSA) is 22.1 Å². The summed E-state index contributed by atoms with van der Waals surface area (Å²) in [6.07, 6.45) is 0. The highest BCUT2D eigenvalue weighted by molar-refractivity contribution is 7.13. The van der Waals surface area contributed by atoms with Gasteiger partial charge in [0.2, 0.25) is 5.88 Å². The molecular formula is C12H13NOS. The van der Waals surface area contributed by atoms with Crippen LogP contribution < -0.4 is 4.74 Å². The van der Waals surface area contributed by atoms with Crippen molar-refractivity contribution in [1.82, 2.24) is 4.98 Å². The second kappa shape index (κ2) is 4.03. The van der Waals surface area contributed by atoms with E-state index in [1.165, 1.54) is 16.7 Å². The molecular weight excluding hydrogens is 206 g/mol. The van der Waals surface area contributed by atoms with Crippen molar-refractivity contribution in [3.8, 4) is 16.5 Å². The summed E-state index contributed by atoms with van der Waals surface area (Å²) < 4.78 is 5.09. The number of aromatic nitrogens is 1. The van der Waals surface area contributed by atoms with E-state index in [-0.39, 0.29) is 0 Å². The molecule has 0 N–H and O–H groups in total. The van der Waals surface area contributed by atoms with Crippen LogP contribution in [0.25, 0.3) is 10.6 Å². The van der Waals surface area contributed by atoms with Gasteiger partial charge in [-0.15, -0.1) is 11.3 Å². The van der Waals surface area contributed by atoms with Crippen LogP contribution in [0.4, 0.5) is 0 Å². The van der Waals surface area contributed by atoms with Gasteiger partial charge in [0.05, 0.1) is 12.5 Å². The van der Waals surface area contributed by atoms with Crippen molar-refractivity contribution in [3.05, 3.63) is 34.7 Å². The van der Waals surface area contributed by atoms with E-state index in [4.69, 9.17) is 4.74 Å². The number of ether oxygens (including phenoxy) is 1. The monoisotopic (exact) mass is 219 g/mol. The lowest BCUT2D eigenvalue weighted by atomic mass is 10.1. The largest absolute Gasteiger partial charge is 0.480 e. The second-order valence-electron chi connectivity index (χ2n) is 3.51. The van der Waals surface area contributed by atoms with Crippen LogP contribution in [0.2, 0.25) is 0 Å². The molecule has 0 saturated carbocycles. The first-order chi connectivity index (χ1) is 7.20. The molecule has 78 valence electrons.